The van der Waals surface area contributed by atoms with Crippen LogP contribution in [0.3, 0.4) is 0 Å². The van der Waals surface area contributed by atoms with Gasteiger partial charge in [-0.3, -0.25) is 4.79 Å². The van der Waals surface area contributed by atoms with E-state index in [0.717, 1.165) is 51.0 Å². The number of anilines is 1. The fourth-order valence-corrected chi connectivity index (χ4v) is 2.89. The van der Waals surface area contributed by atoms with Crippen LogP contribution >= 0.6 is 0 Å². The van der Waals surface area contributed by atoms with E-state index in [1.54, 1.807) is 0 Å². The lowest BCUT2D eigenvalue weighted by Crippen LogP contribution is -2.44. The summed E-state index contributed by atoms with van der Waals surface area (Å²) in [6.07, 6.45) is 2.79. The zero-order valence-electron chi connectivity index (χ0n) is 11.0. The first-order chi connectivity index (χ1) is 8.74. The number of hydrogen-bond acceptors (Lipinski definition) is 3. The summed E-state index contributed by atoms with van der Waals surface area (Å²) in [4.78, 5) is 16.6. The zero-order valence-corrected chi connectivity index (χ0v) is 11.0. The molecule has 1 aromatic rings. The Morgan fingerprint density at radius 1 is 1.06 bits per heavy atom. The summed E-state index contributed by atoms with van der Waals surface area (Å²) in [6, 6.07) is 6.38. The number of ketones is 1. The largest absolute Gasteiger partial charge is 0.369 e. The number of rotatable bonds is 1. The van der Waals surface area contributed by atoms with Crippen LogP contribution in [0.25, 0.3) is 0 Å². The molecule has 2 aliphatic rings. The minimum Gasteiger partial charge on any atom is -0.369 e. The van der Waals surface area contributed by atoms with Gasteiger partial charge in [0.15, 0.2) is 5.78 Å². The van der Waals surface area contributed by atoms with Crippen LogP contribution in [0.2, 0.25) is 0 Å². The van der Waals surface area contributed by atoms with Crippen LogP contribution in [0.15, 0.2) is 18.2 Å². The van der Waals surface area contributed by atoms with Crippen LogP contribution < -0.4 is 4.90 Å². The maximum Gasteiger partial charge on any atom is 0.163 e. The Morgan fingerprint density at radius 2 is 1.83 bits per heavy atom. The van der Waals surface area contributed by atoms with Gasteiger partial charge in [-0.1, -0.05) is 0 Å². The summed E-state index contributed by atoms with van der Waals surface area (Å²) in [5.41, 5.74) is 3.50. The van der Waals surface area contributed by atoms with E-state index < -0.39 is 0 Å². The molecule has 0 aromatic heterocycles. The molecular formula is C15H20N2O. The predicted octanol–water partition coefficient (Wildman–Crippen LogP) is 1.96. The van der Waals surface area contributed by atoms with E-state index in [1.165, 1.54) is 11.3 Å². The third-order valence-electron chi connectivity index (χ3n) is 4.11. The van der Waals surface area contributed by atoms with Crippen molar-refractivity contribution in [3.8, 4) is 0 Å². The first-order valence-electron chi connectivity index (χ1n) is 6.83. The number of nitrogens with zero attached hydrogens (tertiary/aromatic N) is 2. The number of piperazine rings is 1. The first-order valence-corrected chi connectivity index (χ1v) is 6.83. The minimum absolute atomic E-state index is 0.321. The van der Waals surface area contributed by atoms with Crippen molar-refractivity contribution in [2.75, 3.05) is 38.1 Å². The third kappa shape index (κ3) is 2.15. The average molecular weight is 244 g/mol. The molecule has 3 rings (SSSR count). The van der Waals surface area contributed by atoms with Crippen LogP contribution in [0.4, 0.5) is 5.69 Å². The van der Waals surface area contributed by atoms with E-state index in [0.29, 0.717) is 5.78 Å². The number of Topliss-reactive ketones (excluding diaryl/α,β-unsaturated/α-hetero) is 1. The molecule has 1 heterocycles. The van der Waals surface area contributed by atoms with Gasteiger partial charge in [0.1, 0.15) is 0 Å². The van der Waals surface area contributed by atoms with E-state index in [4.69, 9.17) is 0 Å². The Labute approximate surface area is 108 Å². The molecule has 0 atom stereocenters. The van der Waals surface area contributed by atoms with E-state index in [-0.39, 0.29) is 0 Å². The molecule has 3 nitrogen and oxygen atoms in total. The van der Waals surface area contributed by atoms with Crippen molar-refractivity contribution in [1.82, 2.24) is 4.90 Å². The monoisotopic (exact) mass is 244 g/mol. The molecule has 1 saturated heterocycles. The molecule has 18 heavy (non-hydrogen) atoms. The smallest absolute Gasteiger partial charge is 0.163 e. The second-order valence-electron chi connectivity index (χ2n) is 5.41. The predicted molar refractivity (Wildman–Crippen MR) is 73.4 cm³/mol. The average Bonchev–Trinajstić information content (AvgIpc) is 2.39. The van der Waals surface area contributed by atoms with Gasteiger partial charge in [-0.15, -0.1) is 0 Å². The van der Waals surface area contributed by atoms with Crippen molar-refractivity contribution < 1.29 is 4.79 Å². The highest BCUT2D eigenvalue weighted by atomic mass is 16.1. The molecule has 0 spiro atoms. The highest BCUT2D eigenvalue weighted by Crippen LogP contribution is 2.26. The minimum atomic E-state index is 0.321. The SMILES string of the molecule is CN1CCN(c2ccc3c(c2)CCCC3=O)CC1. The standard InChI is InChI=1S/C15H20N2O/c1-16-7-9-17(10-8-16)13-5-6-14-12(11-13)3-2-4-15(14)18/h5-6,11H,2-4,7-10H2,1H3. The van der Waals surface area contributed by atoms with Crippen LogP contribution in [0.1, 0.15) is 28.8 Å². The molecule has 0 bridgehead atoms. The highest BCUT2D eigenvalue weighted by Gasteiger charge is 2.19. The number of carbonyl (C=O) groups is 1. The molecule has 1 fully saturated rings. The second-order valence-corrected chi connectivity index (χ2v) is 5.41. The van der Waals surface area contributed by atoms with Crippen molar-refractivity contribution in [3.05, 3.63) is 29.3 Å². The molecule has 1 aromatic carbocycles. The number of carbonyl (C=O) groups excluding carboxylic acids is 1. The van der Waals surface area contributed by atoms with Crippen LogP contribution in [-0.2, 0) is 6.42 Å². The maximum absolute atomic E-state index is 11.8. The normalized spacial score (nSPS) is 20.9. The number of likely N-dealkylation sites (N-methyl/N-ethyl adjacent to an activating group) is 1. The molecule has 0 radical (unpaired) electrons. The molecule has 0 amide bonds. The van der Waals surface area contributed by atoms with Gasteiger partial charge in [0.05, 0.1) is 0 Å². The topological polar surface area (TPSA) is 23.6 Å². The van der Waals surface area contributed by atoms with Crippen molar-refractivity contribution >= 4 is 11.5 Å². The molecule has 0 saturated carbocycles. The van der Waals surface area contributed by atoms with Gasteiger partial charge in [-0.05, 0) is 43.7 Å². The van der Waals surface area contributed by atoms with Crippen LogP contribution in [-0.4, -0.2) is 43.9 Å². The number of benzene rings is 1. The fraction of sp³-hybridized carbons (Fsp3) is 0.533. The number of aryl methyl sites for hydroxylation is 1. The summed E-state index contributed by atoms with van der Waals surface area (Å²) >= 11 is 0. The van der Waals surface area contributed by atoms with E-state index >= 15 is 0 Å². The summed E-state index contributed by atoms with van der Waals surface area (Å²) in [6.45, 7) is 4.42. The maximum atomic E-state index is 11.8. The summed E-state index contributed by atoms with van der Waals surface area (Å²) < 4.78 is 0. The van der Waals surface area contributed by atoms with Gasteiger partial charge in [0.2, 0.25) is 0 Å². The first kappa shape index (κ1) is 11.7. The Morgan fingerprint density at radius 3 is 2.61 bits per heavy atom. The fourth-order valence-electron chi connectivity index (χ4n) is 2.89. The molecule has 1 aliphatic heterocycles. The molecule has 0 N–H and O–H groups in total. The van der Waals surface area contributed by atoms with E-state index in [2.05, 4.69) is 29.0 Å². The highest BCUT2D eigenvalue weighted by molar-refractivity contribution is 5.98. The van der Waals surface area contributed by atoms with Gasteiger partial charge in [0, 0.05) is 43.9 Å². The van der Waals surface area contributed by atoms with Gasteiger partial charge < -0.3 is 9.80 Å². The lowest BCUT2D eigenvalue weighted by Gasteiger charge is -2.34. The zero-order chi connectivity index (χ0) is 12.5. The lowest BCUT2D eigenvalue weighted by atomic mass is 9.90. The molecule has 1 aliphatic carbocycles. The Balaban J connectivity index is 1.84. The van der Waals surface area contributed by atoms with E-state index in [9.17, 15) is 4.79 Å². The summed E-state index contributed by atoms with van der Waals surface area (Å²) in [7, 11) is 2.17. The van der Waals surface area contributed by atoms with Gasteiger partial charge >= 0.3 is 0 Å². The lowest BCUT2D eigenvalue weighted by molar-refractivity contribution is 0.0972. The quantitative estimate of drug-likeness (QED) is 0.754. The van der Waals surface area contributed by atoms with Crippen molar-refractivity contribution in [2.45, 2.75) is 19.3 Å². The Hall–Kier alpha value is -1.35. The van der Waals surface area contributed by atoms with Gasteiger partial charge in [-0.2, -0.15) is 0 Å². The summed E-state index contributed by atoms with van der Waals surface area (Å²) in [5.74, 6) is 0.321. The molecule has 3 heteroatoms. The number of fused-ring (bicyclic) bond motifs is 1. The van der Waals surface area contributed by atoms with Gasteiger partial charge in [0.25, 0.3) is 0 Å². The van der Waals surface area contributed by atoms with Crippen LogP contribution in [0.5, 0.6) is 0 Å². The molecular weight excluding hydrogens is 224 g/mol. The van der Waals surface area contributed by atoms with Gasteiger partial charge in [-0.25, -0.2) is 0 Å². The molecule has 96 valence electrons. The Bertz CT molecular complexity index is 462. The van der Waals surface area contributed by atoms with E-state index in [1.807, 2.05) is 6.07 Å². The third-order valence-corrected chi connectivity index (χ3v) is 4.11. The van der Waals surface area contributed by atoms with Crippen molar-refractivity contribution in [2.24, 2.45) is 0 Å². The van der Waals surface area contributed by atoms with Crippen LogP contribution in [0, 0.1) is 0 Å². The molecule has 0 unspecified atom stereocenters. The summed E-state index contributed by atoms with van der Waals surface area (Å²) in [5, 5.41) is 0. The van der Waals surface area contributed by atoms with Crippen molar-refractivity contribution in [1.29, 1.82) is 0 Å². The van der Waals surface area contributed by atoms with Crippen molar-refractivity contribution in [3.63, 3.8) is 0 Å². The second kappa shape index (κ2) is 4.73. The Kier molecular flexibility index (Phi) is 3.08. The number of hydrogen-bond donors (Lipinski definition) is 0.